The topological polar surface area (TPSA) is 52.3 Å². The molecule has 0 saturated heterocycles. The van der Waals surface area contributed by atoms with Gasteiger partial charge in [-0.1, -0.05) is 6.07 Å². The summed E-state index contributed by atoms with van der Waals surface area (Å²) in [5.74, 6) is -0.0824. The van der Waals surface area contributed by atoms with Gasteiger partial charge in [0, 0.05) is 16.7 Å². The smallest absolute Gasteiger partial charge is 0.306 e. The van der Waals surface area contributed by atoms with E-state index in [2.05, 4.69) is 4.74 Å². The van der Waals surface area contributed by atoms with Gasteiger partial charge >= 0.3 is 5.97 Å². The molecule has 0 spiro atoms. The molecule has 0 bridgehead atoms. The Balaban J connectivity index is 2.57. The van der Waals surface area contributed by atoms with Crippen molar-refractivity contribution in [3.8, 4) is 0 Å². The highest BCUT2D eigenvalue weighted by molar-refractivity contribution is 7.99. The fourth-order valence-corrected chi connectivity index (χ4v) is 2.11. The van der Waals surface area contributed by atoms with E-state index >= 15 is 0 Å². The molecule has 0 unspecified atom stereocenters. The number of carbonyl (C=O) groups excluding carboxylic acids is 1. The third-order valence-corrected chi connectivity index (χ3v) is 3.32. The number of carbonyl (C=O) groups is 1. The van der Waals surface area contributed by atoms with Gasteiger partial charge in [0.15, 0.2) is 0 Å². The van der Waals surface area contributed by atoms with Crippen molar-refractivity contribution in [1.82, 2.24) is 0 Å². The lowest BCUT2D eigenvalue weighted by atomic mass is 10.1. The molecule has 1 atom stereocenters. The quantitative estimate of drug-likeness (QED) is 0.650. The second kappa shape index (κ2) is 6.61. The Morgan fingerprint density at radius 1 is 1.59 bits per heavy atom. The molecule has 1 rings (SSSR count). The number of esters is 1. The van der Waals surface area contributed by atoms with Gasteiger partial charge in [-0.15, -0.1) is 11.8 Å². The second-order valence-electron chi connectivity index (χ2n) is 3.65. The predicted octanol–water partition coefficient (Wildman–Crippen LogP) is 2.50. The summed E-state index contributed by atoms with van der Waals surface area (Å²) in [7, 11) is 1.34. The van der Waals surface area contributed by atoms with E-state index < -0.39 is 0 Å². The van der Waals surface area contributed by atoms with Crippen LogP contribution in [0.1, 0.15) is 24.9 Å². The number of rotatable bonds is 5. The molecule has 0 aliphatic carbocycles. The molecule has 5 heteroatoms. The highest BCUT2D eigenvalue weighted by Crippen LogP contribution is 2.24. The number of hydrogen-bond donors (Lipinski definition) is 1. The Kier molecular flexibility index (Phi) is 5.44. The second-order valence-corrected chi connectivity index (χ2v) is 4.79. The lowest BCUT2D eigenvalue weighted by Crippen LogP contribution is -2.05. The van der Waals surface area contributed by atoms with Gasteiger partial charge < -0.3 is 10.5 Å². The molecular formula is C12H16FNO2S. The average molecular weight is 257 g/mol. The van der Waals surface area contributed by atoms with Crippen LogP contribution in [0.15, 0.2) is 23.1 Å². The van der Waals surface area contributed by atoms with E-state index in [-0.39, 0.29) is 24.2 Å². The number of halogens is 1. The van der Waals surface area contributed by atoms with Crippen molar-refractivity contribution < 1.29 is 13.9 Å². The first-order valence-electron chi connectivity index (χ1n) is 5.29. The van der Waals surface area contributed by atoms with Gasteiger partial charge in [0.1, 0.15) is 5.82 Å². The Labute approximate surface area is 105 Å². The molecule has 0 saturated carbocycles. The summed E-state index contributed by atoms with van der Waals surface area (Å²) in [6, 6.07) is 4.74. The minimum Gasteiger partial charge on any atom is -0.469 e. The van der Waals surface area contributed by atoms with Gasteiger partial charge in [-0.05, 0) is 24.6 Å². The average Bonchev–Trinajstić information content (AvgIpc) is 2.30. The SMILES string of the molecule is COC(=O)CCSc1ccc([C@H](C)N)cc1F. The summed E-state index contributed by atoms with van der Waals surface area (Å²) in [4.78, 5) is 11.4. The molecule has 1 aromatic carbocycles. The van der Waals surface area contributed by atoms with Crippen molar-refractivity contribution in [2.75, 3.05) is 12.9 Å². The maximum Gasteiger partial charge on any atom is 0.306 e. The van der Waals surface area contributed by atoms with Crippen LogP contribution in [0.25, 0.3) is 0 Å². The normalized spacial score (nSPS) is 12.2. The van der Waals surface area contributed by atoms with Crippen molar-refractivity contribution in [2.24, 2.45) is 5.73 Å². The van der Waals surface area contributed by atoms with Crippen LogP contribution >= 0.6 is 11.8 Å². The molecule has 17 heavy (non-hydrogen) atoms. The molecule has 0 heterocycles. The molecule has 94 valence electrons. The van der Waals surface area contributed by atoms with Gasteiger partial charge in [0.2, 0.25) is 0 Å². The summed E-state index contributed by atoms with van der Waals surface area (Å²) < 4.78 is 18.1. The summed E-state index contributed by atoms with van der Waals surface area (Å²) in [5.41, 5.74) is 6.42. The van der Waals surface area contributed by atoms with Crippen molar-refractivity contribution in [3.05, 3.63) is 29.6 Å². The molecule has 0 aromatic heterocycles. The van der Waals surface area contributed by atoms with E-state index in [1.807, 2.05) is 0 Å². The van der Waals surface area contributed by atoms with Gasteiger partial charge in [0.25, 0.3) is 0 Å². The minimum atomic E-state index is -0.297. The van der Waals surface area contributed by atoms with E-state index in [1.165, 1.54) is 24.9 Å². The molecule has 1 aromatic rings. The zero-order valence-corrected chi connectivity index (χ0v) is 10.7. The van der Waals surface area contributed by atoms with Crippen LogP contribution in [0.2, 0.25) is 0 Å². The maximum absolute atomic E-state index is 13.6. The molecule has 3 nitrogen and oxygen atoms in total. The van der Waals surface area contributed by atoms with Crippen molar-refractivity contribution >= 4 is 17.7 Å². The summed E-state index contributed by atoms with van der Waals surface area (Å²) in [6.07, 6.45) is 0.273. The Hall–Kier alpha value is -1.07. The van der Waals surface area contributed by atoms with Crippen LogP contribution in [-0.2, 0) is 9.53 Å². The van der Waals surface area contributed by atoms with Gasteiger partial charge in [-0.3, -0.25) is 4.79 Å². The fraction of sp³-hybridized carbons (Fsp3) is 0.417. The van der Waals surface area contributed by atoms with E-state index in [9.17, 15) is 9.18 Å². The summed E-state index contributed by atoms with van der Waals surface area (Å²) in [5, 5.41) is 0. The van der Waals surface area contributed by atoms with Crippen LogP contribution in [0, 0.1) is 5.82 Å². The summed E-state index contributed by atoms with van der Waals surface area (Å²) in [6.45, 7) is 1.80. The number of benzene rings is 1. The highest BCUT2D eigenvalue weighted by atomic mass is 32.2. The van der Waals surface area contributed by atoms with E-state index in [4.69, 9.17) is 5.73 Å². The third-order valence-electron chi connectivity index (χ3n) is 2.27. The number of methoxy groups -OCH3 is 1. The van der Waals surface area contributed by atoms with Gasteiger partial charge in [-0.25, -0.2) is 4.39 Å². The Morgan fingerprint density at radius 3 is 2.82 bits per heavy atom. The van der Waals surface area contributed by atoms with Crippen LogP contribution in [-0.4, -0.2) is 18.8 Å². The number of ether oxygens (including phenoxy) is 1. The zero-order valence-electron chi connectivity index (χ0n) is 9.90. The molecule has 0 fully saturated rings. The van der Waals surface area contributed by atoms with Crippen molar-refractivity contribution in [2.45, 2.75) is 24.3 Å². The molecule has 0 aliphatic heterocycles. The first-order valence-corrected chi connectivity index (χ1v) is 6.27. The largest absolute Gasteiger partial charge is 0.469 e. The monoisotopic (exact) mass is 257 g/mol. The lowest BCUT2D eigenvalue weighted by Gasteiger charge is -2.08. The number of thioether (sulfide) groups is 1. The Bertz CT molecular complexity index is 396. The maximum atomic E-state index is 13.6. The van der Waals surface area contributed by atoms with Crippen LogP contribution in [0.4, 0.5) is 4.39 Å². The fourth-order valence-electron chi connectivity index (χ4n) is 1.26. The number of hydrogen-bond acceptors (Lipinski definition) is 4. The number of nitrogens with two attached hydrogens (primary N) is 1. The van der Waals surface area contributed by atoms with Gasteiger partial charge in [0.05, 0.1) is 13.5 Å². The highest BCUT2D eigenvalue weighted by Gasteiger charge is 2.08. The molecule has 0 amide bonds. The van der Waals surface area contributed by atoms with Crippen molar-refractivity contribution in [3.63, 3.8) is 0 Å². The van der Waals surface area contributed by atoms with Crippen LogP contribution in [0.3, 0.4) is 0 Å². The zero-order chi connectivity index (χ0) is 12.8. The van der Waals surface area contributed by atoms with Crippen molar-refractivity contribution in [1.29, 1.82) is 0 Å². The molecular weight excluding hydrogens is 241 g/mol. The lowest BCUT2D eigenvalue weighted by molar-refractivity contribution is -0.140. The molecule has 0 radical (unpaired) electrons. The first kappa shape index (κ1) is 14.0. The third kappa shape index (κ3) is 4.36. The van der Waals surface area contributed by atoms with E-state index in [1.54, 1.807) is 19.1 Å². The standard InChI is InChI=1S/C12H16FNO2S/c1-8(14)9-3-4-11(10(13)7-9)17-6-5-12(15)16-2/h3-4,7-8H,5-6,14H2,1-2H3/t8-/m0/s1. The summed E-state index contributed by atoms with van der Waals surface area (Å²) >= 11 is 1.29. The predicted molar refractivity (Wildman–Crippen MR) is 66.4 cm³/mol. The molecule has 0 aliphatic rings. The van der Waals surface area contributed by atoms with E-state index in [0.717, 1.165) is 5.56 Å². The Morgan fingerprint density at radius 2 is 2.29 bits per heavy atom. The van der Waals surface area contributed by atoms with Crippen LogP contribution in [0.5, 0.6) is 0 Å². The van der Waals surface area contributed by atoms with E-state index in [0.29, 0.717) is 10.6 Å². The molecule has 2 N–H and O–H groups in total. The first-order chi connectivity index (χ1) is 8.04. The van der Waals surface area contributed by atoms with Crippen LogP contribution < -0.4 is 5.73 Å². The van der Waals surface area contributed by atoms with Gasteiger partial charge in [-0.2, -0.15) is 0 Å². The minimum absolute atomic E-state index is 0.182.